The molecule has 0 fully saturated rings. The van der Waals surface area contributed by atoms with Crippen molar-refractivity contribution in [3.05, 3.63) is 70.5 Å². The lowest BCUT2D eigenvalue weighted by Crippen LogP contribution is -2.09. The number of aryl methyl sites for hydroxylation is 1. The molecule has 2 rings (SSSR count). The van der Waals surface area contributed by atoms with E-state index in [0.717, 1.165) is 11.6 Å². The number of halogens is 4. The van der Waals surface area contributed by atoms with Crippen LogP contribution in [0.4, 0.5) is 17.6 Å². The highest BCUT2D eigenvalue weighted by atomic mass is 19.4. The van der Waals surface area contributed by atoms with E-state index >= 15 is 0 Å². The maximum atomic E-state index is 13.7. The van der Waals surface area contributed by atoms with Gasteiger partial charge in [0.25, 0.3) is 0 Å². The van der Waals surface area contributed by atoms with Crippen LogP contribution in [-0.4, -0.2) is 5.11 Å². The Morgan fingerprint density at radius 3 is 2.35 bits per heavy atom. The first-order valence-electron chi connectivity index (χ1n) is 5.90. The van der Waals surface area contributed by atoms with E-state index in [0.29, 0.717) is 17.7 Å². The van der Waals surface area contributed by atoms with Crippen LogP contribution in [0.5, 0.6) is 0 Å². The Morgan fingerprint density at radius 1 is 1.05 bits per heavy atom. The molecule has 0 heterocycles. The Bertz CT molecular complexity index is 620. The number of aliphatic hydroxyl groups is 1. The van der Waals surface area contributed by atoms with Gasteiger partial charge in [-0.2, -0.15) is 13.2 Å². The van der Waals surface area contributed by atoms with Crippen LogP contribution in [0.25, 0.3) is 0 Å². The zero-order valence-electron chi connectivity index (χ0n) is 10.6. The van der Waals surface area contributed by atoms with Gasteiger partial charge in [0.1, 0.15) is 11.9 Å². The van der Waals surface area contributed by atoms with Crippen LogP contribution >= 0.6 is 0 Å². The minimum absolute atomic E-state index is 0.350. The Morgan fingerprint density at radius 2 is 1.75 bits per heavy atom. The van der Waals surface area contributed by atoms with Gasteiger partial charge >= 0.3 is 6.18 Å². The largest absolute Gasteiger partial charge is 0.416 e. The van der Waals surface area contributed by atoms with Crippen LogP contribution in [0.1, 0.15) is 28.4 Å². The quantitative estimate of drug-likeness (QED) is 0.818. The monoisotopic (exact) mass is 284 g/mol. The van der Waals surface area contributed by atoms with Crippen LogP contribution in [0.15, 0.2) is 42.5 Å². The molecule has 0 aliphatic carbocycles. The van der Waals surface area contributed by atoms with Gasteiger partial charge in [-0.1, -0.05) is 29.8 Å². The van der Waals surface area contributed by atoms with E-state index in [1.165, 1.54) is 6.07 Å². The second-order valence-corrected chi connectivity index (χ2v) is 4.55. The van der Waals surface area contributed by atoms with Gasteiger partial charge in [0.05, 0.1) is 5.56 Å². The maximum absolute atomic E-state index is 13.7. The van der Waals surface area contributed by atoms with Crippen LogP contribution in [-0.2, 0) is 6.18 Å². The average molecular weight is 284 g/mol. The van der Waals surface area contributed by atoms with Crippen LogP contribution < -0.4 is 0 Å². The third-order valence-electron chi connectivity index (χ3n) is 2.98. The summed E-state index contributed by atoms with van der Waals surface area (Å²) in [7, 11) is 0. The van der Waals surface area contributed by atoms with E-state index in [2.05, 4.69) is 0 Å². The van der Waals surface area contributed by atoms with Crippen molar-refractivity contribution in [2.75, 3.05) is 0 Å². The summed E-state index contributed by atoms with van der Waals surface area (Å²) in [5, 5.41) is 10.1. The molecule has 106 valence electrons. The number of aliphatic hydroxyl groups excluding tert-OH is 1. The van der Waals surface area contributed by atoms with Crippen LogP contribution in [0.2, 0.25) is 0 Å². The van der Waals surface area contributed by atoms with E-state index in [4.69, 9.17) is 0 Å². The second-order valence-electron chi connectivity index (χ2n) is 4.55. The van der Waals surface area contributed by atoms with E-state index in [1.807, 2.05) is 0 Å². The molecule has 0 aliphatic heterocycles. The lowest BCUT2D eigenvalue weighted by Gasteiger charge is -2.15. The van der Waals surface area contributed by atoms with Crippen molar-refractivity contribution in [2.45, 2.75) is 19.2 Å². The lowest BCUT2D eigenvalue weighted by atomic mass is 9.98. The third-order valence-corrected chi connectivity index (χ3v) is 2.98. The minimum Gasteiger partial charge on any atom is -0.384 e. The van der Waals surface area contributed by atoms with Crippen molar-refractivity contribution < 1.29 is 22.7 Å². The normalized spacial score (nSPS) is 13.3. The van der Waals surface area contributed by atoms with E-state index < -0.39 is 23.7 Å². The molecule has 5 heteroatoms. The van der Waals surface area contributed by atoms with Crippen molar-refractivity contribution in [3.63, 3.8) is 0 Å². The number of hydrogen-bond acceptors (Lipinski definition) is 1. The van der Waals surface area contributed by atoms with Gasteiger partial charge in [-0.25, -0.2) is 4.39 Å². The first-order chi connectivity index (χ1) is 9.29. The van der Waals surface area contributed by atoms with Gasteiger partial charge < -0.3 is 5.11 Å². The van der Waals surface area contributed by atoms with Gasteiger partial charge in [0.15, 0.2) is 0 Å². The lowest BCUT2D eigenvalue weighted by molar-refractivity contribution is -0.137. The Balaban J connectivity index is 2.46. The van der Waals surface area contributed by atoms with Crippen LogP contribution in [0, 0.1) is 12.7 Å². The number of benzene rings is 2. The SMILES string of the molecule is Cc1cccc(C(O)c2cc(C(F)(F)F)ccc2F)c1. The fourth-order valence-electron chi connectivity index (χ4n) is 1.95. The van der Waals surface area contributed by atoms with Crippen molar-refractivity contribution in [1.29, 1.82) is 0 Å². The van der Waals surface area contributed by atoms with Gasteiger partial charge in [-0.15, -0.1) is 0 Å². The van der Waals surface area contributed by atoms with Gasteiger partial charge in [0.2, 0.25) is 0 Å². The van der Waals surface area contributed by atoms with E-state index in [1.54, 1.807) is 25.1 Å². The summed E-state index contributed by atoms with van der Waals surface area (Å²) >= 11 is 0. The summed E-state index contributed by atoms with van der Waals surface area (Å²) in [5.74, 6) is -0.869. The Labute approximate surface area is 113 Å². The molecule has 2 aromatic rings. The highest BCUT2D eigenvalue weighted by molar-refractivity contribution is 5.36. The molecule has 1 N–H and O–H groups in total. The molecule has 0 radical (unpaired) electrons. The van der Waals surface area contributed by atoms with E-state index in [-0.39, 0.29) is 5.56 Å². The van der Waals surface area contributed by atoms with Gasteiger partial charge in [0, 0.05) is 5.56 Å². The smallest absolute Gasteiger partial charge is 0.384 e. The Hall–Kier alpha value is -1.88. The first kappa shape index (κ1) is 14.5. The third kappa shape index (κ3) is 2.99. The predicted octanol–water partition coefficient (Wildman–Crippen LogP) is 4.23. The molecule has 0 bridgehead atoms. The van der Waals surface area contributed by atoms with Crippen molar-refractivity contribution in [2.24, 2.45) is 0 Å². The fourth-order valence-corrected chi connectivity index (χ4v) is 1.95. The molecule has 0 spiro atoms. The molecule has 1 unspecified atom stereocenters. The average Bonchev–Trinajstić information content (AvgIpc) is 2.37. The van der Waals surface area contributed by atoms with Crippen LogP contribution in [0.3, 0.4) is 0 Å². The van der Waals surface area contributed by atoms with Gasteiger partial charge in [-0.3, -0.25) is 0 Å². The molecule has 0 saturated heterocycles. The molecule has 0 amide bonds. The number of hydrogen-bond donors (Lipinski definition) is 1. The molecule has 1 atom stereocenters. The molecule has 1 nitrogen and oxygen atoms in total. The fraction of sp³-hybridized carbons (Fsp3) is 0.200. The predicted molar refractivity (Wildman–Crippen MR) is 66.6 cm³/mol. The van der Waals surface area contributed by atoms with Crippen molar-refractivity contribution >= 4 is 0 Å². The summed E-state index contributed by atoms with van der Waals surface area (Å²) in [6.45, 7) is 1.78. The number of rotatable bonds is 2. The summed E-state index contributed by atoms with van der Waals surface area (Å²) in [4.78, 5) is 0. The molecule has 0 aliphatic rings. The Kier molecular flexibility index (Phi) is 3.81. The highest BCUT2D eigenvalue weighted by Gasteiger charge is 2.32. The topological polar surface area (TPSA) is 20.2 Å². The minimum atomic E-state index is -4.57. The molecular weight excluding hydrogens is 272 g/mol. The molecule has 0 aromatic heterocycles. The molecule has 2 aromatic carbocycles. The van der Waals surface area contributed by atoms with E-state index in [9.17, 15) is 22.7 Å². The second kappa shape index (κ2) is 5.25. The number of alkyl halides is 3. The highest BCUT2D eigenvalue weighted by Crippen LogP contribution is 2.33. The summed E-state index contributed by atoms with van der Waals surface area (Å²) in [6.07, 6.45) is -6.01. The van der Waals surface area contributed by atoms with Crippen molar-refractivity contribution in [3.8, 4) is 0 Å². The standard InChI is InChI=1S/C15H12F4O/c1-9-3-2-4-10(7-9)14(20)12-8-11(15(17,18)19)5-6-13(12)16/h2-8,14,20H,1H3. The summed E-state index contributed by atoms with van der Waals surface area (Å²) in [5.41, 5.74) is -0.191. The summed E-state index contributed by atoms with van der Waals surface area (Å²) < 4.78 is 51.5. The molecule has 0 saturated carbocycles. The summed E-state index contributed by atoms with van der Waals surface area (Å²) in [6, 6.07) is 8.58. The zero-order valence-corrected chi connectivity index (χ0v) is 10.6. The van der Waals surface area contributed by atoms with Gasteiger partial charge in [-0.05, 0) is 30.7 Å². The van der Waals surface area contributed by atoms with Crippen molar-refractivity contribution in [1.82, 2.24) is 0 Å². The first-order valence-corrected chi connectivity index (χ1v) is 5.90. The zero-order chi connectivity index (χ0) is 14.9. The maximum Gasteiger partial charge on any atom is 0.416 e. The molecular formula is C15H12F4O. The molecule has 20 heavy (non-hydrogen) atoms.